The molecule has 0 radical (unpaired) electrons. The summed E-state index contributed by atoms with van der Waals surface area (Å²) in [7, 11) is 0. The standard InChI is InChI=1S/C7H5F4NO/c8-4-1-2-6(13-12)5(3-4)7(9,10)11/h1-3H,12H2. The van der Waals surface area contributed by atoms with Crippen LogP contribution in [0.15, 0.2) is 18.2 Å². The van der Waals surface area contributed by atoms with Crippen molar-refractivity contribution in [1.82, 2.24) is 0 Å². The van der Waals surface area contributed by atoms with E-state index in [1.807, 2.05) is 0 Å². The monoisotopic (exact) mass is 195 g/mol. The van der Waals surface area contributed by atoms with Crippen LogP contribution in [0.25, 0.3) is 0 Å². The van der Waals surface area contributed by atoms with Gasteiger partial charge < -0.3 is 4.84 Å². The molecule has 1 aromatic carbocycles. The fourth-order valence-electron chi connectivity index (χ4n) is 0.827. The summed E-state index contributed by atoms with van der Waals surface area (Å²) in [5, 5.41) is 0. The highest BCUT2D eigenvalue weighted by Gasteiger charge is 2.34. The van der Waals surface area contributed by atoms with E-state index in [-0.39, 0.29) is 0 Å². The van der Waals surface area contributed by atoms with Gasteiger partial charge in [0.05, 0.1) is 0 Å². The van der Waals surface area contributed by atoms with E-state index >= 15 is 0 Å². The SMILES string of the molecule is NOc1ccc(F)cc1C(F)(F)F. The van der Waals surface area contributed by atoms with Gasteiger partial charge in [-0.1, -0.05) is 0 Å². The molecule has 0 fully saturated rings. The molecule has 2 N–H and O–H groups in total. The van der Waals surface area contributed by atoms with Crippen molar-refractivity contribution < 1.29 is 22.4 Å². The fourth-order valence-corrected chi connectivity index (χ4v) is 0.827. The molecular weight excluding hydrogens is 190 g/mol. The summed E-state index contributed by atoms with van der Waals surface area (Å²) in [6, 6.07) is 1.97. The van der Waals surface area contributed by atoms with Gasteiger partial charge in [-0.25, -0.2) is 4.39 Å². The van der Waals surface area contributed by atoms with Gasteiger partial charge in [-0.15, -0.1) is 0 Å². The second-order valence-corrected chi connectivity index (χ2v) is 2.26. The van der Waals surface area contributed by atoms with Crippen molar-refractivity contribution in [3.63, 3.8) is 0 Å². The Morgan fingerprint density at radius 2 is 1.85 bits per heavy atom. The van der Waals surface area contributed by atoms with E-state index < -0.39 is 23.3 Å². The van der Waals surface area contributed by atoms with E-state index in [0.717, 1.165) is 12.1 Å². The van der Waals surface area contributed by atoms with E-state index in [4.69, 9.17) is 0 Å². The minimum atomic E-state index is -4.67. The third kappa shape index (κ3) is 2.09. The molecule has 0 heterocycles. The molecule has 6 heteroatoms. The number of hydrogen-bond acceptors (Lipinski definition) is 2. The Bertz CT molecular complexity index is 310. The van der Waals surface area contributed by atoms with Crippen molar-refractivity contribution in [2.75, 3.05) is 0 Å². The van der Waals surface area contributed by atoms with Crippen LogP contribution in [0.4, 0.5) is 17.6 Å². The highest BCUT2D eigenvalue weighted by molar-refractivity contribution is 5.35. The lowest BCUT2D eigenvalue weighted by atomic mass is 10.2. The molecule has 0 aliphatic rings. The van der Waals surface area contributed by atoms with Crippen LogP contribution in [0.1, 0.15) is 5.56 Å². The first kappa shape index (κ1) is 9.79. The number of hydrogen-bond donors (Lipinski definition) is 1. The topological polar surface area (TPSA) is 35.2 Å². The summed E-state index contributed by atoms with van der Waals surface area (Å²) in [5.74, 6) is 2.98. The van der Waals surface area contributed by atoms with Crippen molar-refractivity contribution in [2.24, 2.45) is 5.90 Å². The lowest BCUT2D eigenvalue weighted by Gasteiger charge is -2.10. The Hall–Kier alpha value is -1.30. The third-order valence-corrected chi connectivity index (χ3v) is 1.37. The molecule has 1 rings (SSSR count). The van der Waals surface area contributed by atoms with Gasteiger partial charge in [-0.05, 0) is 18.2 Å². The Morgan fingerprint density at radius 1 is 1.23 bits per heavy atom. The van der Waals surface area contributed by atoms with Crippen LogP contribution in [0.5, 0.6) is 5.75 Å². The highest BCUT2D eigenvalue weighted by atomic mass is 19.4. The average Bonchev–Trinajstić information content (AvgIpc) is 2.03. The molecule has 0 saturated carbocycles. The molecule has 2 nitrogen and oxygen atoms in total. The van der Waals surface area contributed by atoms with E-state index in [9.17, 15) is 17.6 Å². The molecule has 0 atom stereocenters. The van der Waals surface area contributed by atoms with Gasteiger partial charge in [-0.2, -0.15) is 19.1 Å². The largest absolute Gasteiger partial charge is 0.420 e. The summed E-state index contributed by atoms with van der Waals surface area (Å²) in [6.45, 7) is 0. The van der Waals surface area contributed by atoms with Crippen LogP contribution in [0.3, 0.4) is 0 Å². The number of rotatable bonds is 1. The van der Waals surface area contributed by atoms with Crippen molar-refractivity contribution in [1.29, 1.82) is 0 Å². The van der Waals surface area contributed by atoms with Crippen LogP contribution >= 0.6 is 0 Å². The molecule has 0 aromatic heterocycles. The second-order valence-electron chi connectivity index (χ2n) is 2.26. The van der Waals surface area contributed by atoms with Gasteiger partial charge >= 0.3 is 6.18 Å². The molecule has 0 spiro atoms. The Morgan fingerprint density at radius 3 is 2.31 bits per heavy atom. The molecule has 13 heavy (non-hydrogen) atoms. The lowest BCUT2D eigenvalue weighted by molar-refractivity contribution is -0.139. The van der Waals surface area contributed by atoms with Gasteiger partial charge in [0.1, 0.15) is 11.4 Å². The molecule has 1 aromatic rings. The number of alkyl halides is 3. The van der Waals surface area contributed by atoms with Crippen molar-refractivity contribution in [3.8, 4) is 5.75 Å². The molecule has 0 amide bonds. The van der Waals surface area contributed by atoms with E-state index in [2.05, 4.69) is 10.7 Å². The van der Waals surface area contributed by atoms with Gasteiger partial charge in [-0.3, -0.25) is 0 Å². The first-order chi connectivity index (χ1) is 5.95. The summed E-state index contributed by atoms with van der Waals surface area (Å²) in [6.07, 6.45) is -4.67. The molecule has 0 unspecified atom stereocenters. The van der Waals surface area contributed by atoms with E-state index in [1.165, 1.54) is 0 Å². The van der Waals surface area contributed by atoms with Gasteiger partial charge in [0.2, 0.25) is 0 Å². The van der Waals surface area contributed by atoms with Crippen LogP contribution in [0, 0.1) is 5.82 Å². The molecule has 72 valence electrons. The predicted molar refractivity (Wildman–Crippen MR) is 36.2 cm³/mol. The average molecular weight is 195 g/mol. The maximum atomic E-state index is 12.4. The normalized spacial score (nSPS) is 11.5. The van der Waals surface area contributed by atoms with Crippen LogP contribution in [-0.4, -0.2) is 0 Å². The van der Waals surface area contributed by atoms with Crippen LogP contribution < -0.4 is 10.7 Å². The van der Waals surface area contributed by atoms with Crippen molar-refractivity contribution in [3.05, 3.63) is 29.6 Å². The zero-order chi connectivity index (χ0) is 10.1. The van der Waals surface area contributed by atoms with Crippen LogP contribution in [-0.2, 0) is 6.18 Å². The quantitative estimate of drug-likeness (QED) is 0.550. The molecule has 0 bridgehead atoms. The summed E-state index contributed by atoms with van der Waals surface area (Å²) in [5.41, 5.74) is -1.23. The molecular formula is C7H5F4NO. The lowest BCUT2D eigenvalue weighted by Crippen LogP contribution is -2.12. The minimum Gasteiger partial charge on any atom is -0.411 e. The number of benzene rings is 1. The maximum Gasteiger partial charge on any atom is 0.420 e. The maximum absolute atomic E-state index is 12.4. The van der Waals surface area contributed by atoms with Gasteiger partial charge in [0.25, 0.3) is 0 Å². The van der Waals surface area contributed by atoms with Gasteiger partial charge in [0.15, 0.2) is 5.75 Å². The van der Waals surface area contributed by atoms with E-state index in [0.29, 0.717) is 6.07 Å². The predicted octanol–water partition coefficient (Wildman–Crippen LogP) is 2.10. The Labute approximate surface area is 70.9 Å². The molecule has 0 aliphatic carbocycles. The molecule has 0 aliphatic heterocycles. The summed E-state index contributed by atoms with van der Waals surface area (Å²) in [4.78, 5) is 3.94. The van der Waals surface area contributed by atoms with Gasteiger partial charge in [0, 0.05) is 0 Å². The zero-order valence-electron chi connectivity index (χ0n) is 6.23. The first-order valence-electron chi connectivity index (χ1n) is 3.18. The van der Waals surface area contributed by atoms with Crippen molar-refractivity contribution >= 4 is 0 Å². The number of nitrogens with two attached hydrogens (primary N) is 1. The number of halogens is 4. The minimum absolute atomic E-state index is 0.322. The zero-order valence-corrected chi connectivity index (χ0v) is 6.23. The first-order valence-corrected chi connectivity index (χ1v) is 3.18. The van der Waals surface area contributed by atoms with Crippen molar-refractivity contribution in [2.45, 2.75) is 6.18 Å². The Balaban J connectivity index is 3.24. The Kier molecular flexibility index (Phi) is 2.42. The highest BCUT2D eigenvalue weighted by Crippen LogP contribution is 2.35. The second kappa shape index (κ2) is 3.21. The molecule has 0 saturated heterocycles. The van der Waals surface area contributed by atoms with Crippen LogP contribution in [0.2, 0.25) is 0 Å². The van der Waals surface area contributed by atoms with E-state index in [1.54, 1.807) is 0 Å². The third-order valence-electron chi connectivity index (χ3n) is 1.37. The smallest absolute Gasteiger partial charge is 0.411 e. The summed E-state index contributed by atoms with van der Waals surface area (Å²) >= 11 is 0. The fraction of sp³-hybridized carbons (Fsp3) is 0.143. The summed E-state index contributed by atoms with van der Waals surface area (Å²) < 4.78 is 48.8.